The maximum atomic E-state index is 13.1. The highest BCUT2D eigenvalue weighted by Crippen LogP contribution is 2.39. The number of carbonyl (C=O) groups is 1. The number of hydrogen-bond acceptors (Lipinski definition) is 10. The molecule has 0 radical (unpaired) electrons. The van der Waals surface area contributed by atoms with E-state index in [9.17, 15) is 4.79 Å². The van der Waals surface area contributed by atoms with E-state index in [0.29, 0.717) is 37.2 Å². The van der Waals surface area contributed by atoms with Gasteiger partial charge in [0.15, 0.2) is 0 Å². The zero-order valence-electron chi connectivity index (χ0n) is 25.9. The van der Waals surface area contributed by atoms with Crippen LogP contribution in [0.4, 0.5) is 27.8 Å². The maximum absolute atomic E-state index is 13.1. The minimum absolute atomic E-state index is 0.376. The molecule has 2 aromatic heterocycles. The first-order chi connectivity index (χ1) is 20.6. The Hall–Kier alpha value is -3.96. The van der Waals surface area contributed by atoms with Crippen molar-refractivity contribution in [1.29, 1.82) is 0 Å². The van der Waals surface area contributed by atoms with Crippen molar-refractivity contribution in [2.45, 2.75) is 52.8 Å². The van der Waals surface area contributed by atoms with Crippen molar-refractivity contribution in [3.05, 3.63) is 59.0 Å². The lowest BCUT2D eigenvalue weighted by molar-refractivity contribution is 0.0566. The standard InChI is InChI=1S/C32H42N8O3/c1-22-27(19-33-29-28(22)40(15-16-42-29)31(41)43-32(2,3)4)39-10-9-24-18-34-30(36-26(24)21-39)35-25-8-6-7-23(17-25)20-38-13-11-37(5)12-14-38/h6-8,17-19H,9-16,20-21H2,1-5H3,(H,34,35,36). The van der Waals surface area contributed by atoms with Gasteiger partial charge >= 0.3 is 6.09 Å². The second kappa shape index (κ2) is 12.0. The Morgan fingerprint density at radius 3 is 2.67 bits per heavy atom. The predicted molar refractivity (Wildman–Crippen MR) is 167 cm³/mol. The smallest absolute Gasteiger partial charge is 0.415 e. The molecule has 1 N–H and O–H groups in total. The average Bonchev–Trinajstić information content (AvgIpc) is 2.97. The second-order valence-electron chi connectivity index (χ2n) is 12.6. The van der Waals surface area contributed by atoms with Gasteiger partial charge in [-0.2, -0.15) is 0 Å². The summed E-state index contributed by atoms with van der Waals surface area (Å²) in [7, 11) is 2.18. The number of nitrogens with zero attached hydrogens (tertiary/aromatic N) is 7. The first-order valence-corrected chi connectivity index (χ1v) is 15.1. The summed E-state index contributed by atoms with van der Waals surface area (Å²) in [5.74, 6) is 1.04. The molecule has 0 bridgehead atoms. The molecule has 0 atom stereocenters. The van der Waals surface area contributed by atoms with Gasteiger partial charge in [0.25, 0.3) is 0 Å². The van der Waals surface area contributed by atoms with E-state index in [0.717, 1.165) is 73.9 Å². The van der Waals surface area contributed by atoms with Crippen molar-refractivity contribution in [1.82, 2.24) is 24.8 Å². The van der Waals surface area contributed by atoms with Crippen LogP contribution in [-0.4, -0.2) is 89.4 Å². The van der Waals surface area contributed by atoms with E-state index < -0.39 is 5.60 Å². The Balaban J connectivity index is 1.18. The zero-order valence-corrected chi connectivity index (χ0v) is 25.9. The van der Waals surface area contributed by atoms with E-state index in [1.807, 2.05) is 40.1 Å². The monoisotopic (exact) mass is 586 g/mol. The highest BCUT2D eigenvalue weighted by molar-refractivity contribution is 5.92. The van der Waals surface area contributed by atoms with Crippen molar-refractivity contribution in [2.24, 2.45) is 0 Å². The van der Waals surface area contributed by atoms with E-state index in [4.69, 9.17) is 14.5 Å². The molecule has 43 heavy (non-hydrogen) atoms. The molecule has 3 aromatic rings. The van der Waals surface area contributed by atoms with E-state index in [1.165, 1.54) is 5.56 Å². The van der Waals surface area contributed by atoms with Crippen LogP contribution < -0.4 is 19.9 Å². The molecule has 1 amide bonds. The number of rotatable bonds is 5. The normalized spacial score (nSPS) is 17.6. The molecule has 1 saturated heterocycles. The minimum atomic E-state index is -0.595. The summed E-state index contributed by atoms with van der Waals surface area (Å²) >= 11 is 0. The van der Waals surface area contributed by atoms with Gasteiger partial charge in [-0.15, -0.1) is 0 Å². The number of aromatic nitrogens is 3. The van der Waals surface area contributed by atoms with E-state index in [-0.39, 0.29) is 6.09 Å². The second-order valence-corrected chi connectivity index (χ2v) is 12.6. The summed E-state index contributed by atoms with van der Waals surface area (Å²) in [5, 5.41) is 3.43. The Kier molecular flexibility index (Phi) is 8.11. The van der Waals surface area contributed by atoms with Crippen LogP contribution in [-0.2, 0) is 24.2 Å². The maximum Gasteiger partial charge on any atom is 0.415 e. The minimum Gasteiger partial charge on any atom is -0.474 e. The third-order valence-electron chi connectivity index (χ3n) is 8.16. The summed E-state index contributed by atoms with van der Waals surface area (Å²) in [6, 6.07) is 8.51. The number of piperazine rings is 1. The Morgan fingerprint density at radius 1 is 1.07 bits per heavy atom. The van der Waals surface area contributed by atoms with Crippen molar-refractivity contribution in [3.63, 3.8) is 0 Å². The van der Waals surface area contributed by atoms with Crippen LogP contribution in [0.15, 0.2) is 36.7 Å². The highest BCUT2D eigenvalue weighted by atomic mass is 16.6. The largest absolute Gasteiger partial charge is 0.474 e. The number of amides is 1. The molecular weight excluding hydrogens is 544 g/mol. The lowest BCUT2D eigenvalue weighted by Crippen LogP contribution is -2.43. The SMILES string of the molecule is Cc1c(N2CCc3cnc(Nc4cccc(CN5CCN(C)CC5)c4)nc3C2)cnc2c1N(C(=O)OC(C)(C)C)CCO2. The number of benzene rings is 1. The third kappa shape index (κ3) is 6.67. The van der Waals surface area contributed by atoms with Gasteiger partial charge in [-0.25, -0.2) is 19.7 Å². The van der Waals surface area contributed by atoms with E-state index in [2.05, 4.69) is 61.3 Å². The summed E-state index contributed by atoms with van der Waals surface area (Å²) < 4.78 is 11.5. The van der Waals surface area contributed by atoms with Crippen molar-refractivity contribution < 1.29 is 14.3 Å². The molecule has 5 heterocycles. The topological polar surface area (TPSA) is 99.2 Å². The summed E-state index contributed by atoms with van der Waals surface area (Å²) in [6.07, 6.45) is 4.20. The predicted octanol–water partition coefficient (Wildman–Crippen LogP) is 4.37. The van der Waals surface area contributed by atoms with Crippen LogP contribution in [0.25, 0.3) is 0 Å². The fourth-order valence-electron chi connectivity index (χ4n) is 5.86. The molecule has 11 nitrogen and oxygen atoms in total. The Bertz CT molecular complexity index is 1480. The summed E-state index contributed by atoms with van der Waals surface area (Å²) in [5.41, 5.74) is 6.35. The molecule has 11 heteroatoms. The molecular formula is C32H42N8O3. The van der Waals surface area contributed by atoms with Gasteiger partial charge in [0.2, 0.25) is 11.8 Å². The van der Waals surface area contributed by atoms with Gasteiger partial charge in [-0.3, -0.25) is 9.80 Å². The molecule has 0 unspecified atom stereocenters. The van der Waals surface area contributed by atoms with Crippen LogP contribution in [0, 0.1) is 6.92 Å². The van der Waals surface area contributed by atoms with Crippen molar-refractivity contribution in [3.8, 4) is 5.88 Å². The van der Waals surface area contributed by atoms with Crippen LogP contribution >= 0.6 is 0 Å². The first-order valence-electron chi connectivity index (χ1n) is 15.1. The number of ether oxygens (including phenoxy) is 2. The molecule has 228 valence electrons. The number of hydrogen-bond donors (Lipinski definition) is 1. The van der Waals surface area contributed by atoms with Crippen molar-refractivity contribution in [2.75, 3.05) is 68.0 Å². The van der Waals surface area contributed by atoms with Gasteiger partial charge in [0.05, 0.1) is 30.7 Å². The van der Waals surface area contributed by atoms with E-state index >= 15 is 0 Å². The fraction of sp³-hybridized carbons (Fsp3) is 0.500. The number of nitrogens with one attached hydrogen (secondary N) is 1. The van der Waals surface area contributed by atoms with E-state index in [1.54, 1.807) is 4.90 Å². The number of carbonyl (C=O) groups excluding carboxylic acids is 1. The molecule has 3 aliphatic rings. The van der Waals surface area contributed by atoms with Crippen LogP contribution in [0.2, 0.25) is 0 Å². The first kappa shape index (κ1) is 29.1. The van der Waals surface area contributed by atoms with Gasteiger partial charge in [0.1, 0.15) is 17.9 Å². The fourth-order valence-corrected chi connectivity index (χ4v) is 5.86. The molecule has 0 saturated carbocycles. The van der Waals surface area contributed by atoms with Crippen LogP contribution in [0.1, 0.15) is 43.2 Å². The number of anilines is 4. The Morgan fingerprint density at radius 2 is 1.88 bits per heavy atom. The molecule has 1 aromatic carbocycles. The van der Waals surface area contributed by atoms with Gasteiger partial charge in [-0.1, -0.05) is 12.1 Å². The molecule has 6 rings (SSSR count). The lowest BCUT2D eigenvalue weighted by Gasteiger charge is -2.35. The number of likely N-dealkylation sites (N-methyl/N-ethyl adjacent to an activating group) is 1. The number of fused-ring (bicyclic) bond motifs is 2. The lowest BCUT2D eigenvalue weighted by atomic mass is 10.0. The molecule has 1 fully saturated rings. The summed E-state index contributed by atoms with van der Waals surface area (Å²) in [4.78, 5) is 36.0. The quantitative estimate of drug-likeness (QED) is 0.464. The van der Waals surface area contributed by atoms with Gasteiger partial charge in [-0.05, 0) is 64.4 Å². The highest BCUT2D eigenvalue weighted by Gasteiger charge is 2.33. The molecule has 3 aliphatic heterocycles. The van der Waals surface area contributed by atoms with Crippen LogP contribution in [0.3, 0.4) is 0 Å². The van der Waals surface area contributed by atoms with Gasteiger partial charge < -0.3 is 24.6 Å². The molecule has 0 aliphatic carbocycles. The van der Waals surface area contributed by atoms with Crippen molar-refractivity contribution >= 4 is 29.1 Å². The van der Waals surface area contributed by atoms with Crippen LogP contribution in [0.5, 0.6) is 5.88 Å². The zero-order chi connectivity index (χ0) is 30.1. The third-order valence-corrected chi connectivity index (χ3v) is 8.16. The Labute approximate surface area is 253 Å². The average molecular weight is 587 g/mol. The number of pyridine rings is 1. The molecule has 0 spiro atoms. The van der Waals surface area contributed by atoms with Gasteiger partial charge in [0, 0.05) is 56.7 Å². The summed E-state index contributed by atoms with van der Waals surface area (Å²) in [6.45, 7) is 15.1.